The number of carbonyl (C=O) groups excluding carboxylic acids is 1. The Hall–Kier alpha value is -0.660. The van der Waals surface area contributed by atoms with Crippen molar-refractivity contribution in [2.45, 2.75) is 25.3 Å². The third kappa shape index (κ3) is 4.74. The molecule has 3 heterocycles. The summed E-state index contributed by atoms with van der Waals surface area (Å²) in [7, 11) is 2.17. The van der Waals surface area contributed by atoms with Gasteiger partial charge in [-0.25, -0.2) is 0 Å². The van der Waals surface area contributed by atoms with Crippen LogP contribution in [0.15, 0.2) is 12.1 Å². The molecule has 2 saturated heterocycles. The van der Waals surface area contributed by atoms with Gasteiger partial charge in [-0.1, -0.05) is 11.6 Å². The molecule has 0 spiro atoms. The number of aliphatic hydroxyl groups excluding tert-OH is 1. The van der Waals surface area contributed by atoms with Crippen LogP contribution in [0.25, 0.3) is 0 Å². The number of hydrogen-bond donors (Lipinski definition) is 1. The lowest BCUT2D eigenvalue weighted by Gasteiger charge is -2.46. The fourth-order valence-corrected chi connectivity index (χ4v) is 5.07. The molecule has 2 aliphatic heterocycles. The molecule has 2 atom stereocenters. The molecular weight excluding hydrogens is 358 g/mol. The van der Waals surface area contributed by atoms with Crippen molar-refractivity contribution in [2.24, 2.45) is 5.92 Å². The minimum atomic E-state index is 0.0997. The first-order valence-electron chi connectivity index (χ1n) is 9.16. The molecule has 7 heteroatoms. The van der Waals surface area contributed by atoms with E-state index in [4.69, 9.17) is 11.6 Å². The van der Waals surface area contributed by atoms with Crippen LogP contribution < -0.4 is 0 Å². The number of hydrogen-bond acceptors (Lipinski definition) is 5. The third-order valence-electron chi connectivity index (χ3n) is 5.50. The number of piperidine rings is 1. The molecule has 1 aromatic heterocycles. The van der Waals surface area contributed by atoms with Crippen molar-refractivity contribution in [2.75, 3.05) is 52.9 Å². The van der Waals surface area contributed by atoms with Crippen molar-refractivity contribution >= 4 is 28.8 Å². The molecule has 1 amide bonds. The van der Waals surface area contributed by atoms with E-state index in [0.29, 0.717) is 16.3 Å². The highest BCUT2D eigenvalue weighted by Gasteiger charge is 2.35. The number of amides is 1. The number of likely N-dealkylation sites (N-methyl/N-ethyl adjacent to an activating group) is 1. The van der Waals surface area contributed by atoms with E-state index in [0.717, 1.165) is 63.4 Å². The topological polar surface area (TPSA) is 47.0 Å². The van der Waals surface area contributed by atoms with E-state index in [9.17, 15) is 9.90 Å². The summed E-state index contributed by atoms with van der Waals surface area (Å²) in [5.41, 5.74) is 0. The van der Waals surface area contributed by atoms with E-state index >= 15 is 0 Å². The van der Waals surface area contributed by atoms with E-state index in [1.165, 1.54) is 11.3 Å². The summed E-state index contributed by atoms with van der Waals surface area (Å²) in [6.45, 7) is 6.24. The largest absolute Gasteiger partial charge is 0.396 e. The van der Waals surface area contributed by atoms with Gasteiger partial charge in [0.2, 0.25) is 0 Å². The average molecular weight is 386 g/mol. The Balaban J connectivity index is 1.66. The Bertz CT molecular complexity index is 574. The summed E-state index contributed by atoms with van der Waals surface area (Å²) in [5, 5.41) is 9.27. The van der Waals surface area contributed by atoms with Crippen molar-refractivity contribution in [1.82, 2.24) is 14.7 Å². The number of likely N-dealkylation sites (tertiary alicyclic amines) is 1. The summed E-state index contributed by atoms with van der Waals surface area (Å²) < 4.78 is 0.660. The number of thiophene rings is 1. The number of nitrogens with zero attached hydrogens (tertiary/aromatic N) is 3. The SMILES string of the molecule is CN1CCN([C@@H]2CCN(C(=O)c3ccc(Cl)s3)C[C@@H]2CCCO)CC1. The summed E-state index contributed by atoms with van der Waals surface area (Å²) in [6, 6.07) is 4.14. The Morgan fingerprint density at radius 2 is 2.04 bits per heavy atom. The molecule has 0 unspecified atom stereocenters. The predicted octanol–water partition coefficient (Wildman–Crippen LogP) is 2.25. The second-order valence-corrected chi connectivity index (χ2v) is 8.89. The summed E-state index contributed by atoms with van der Waals surface area (Å²) in [4.78, 5) is 20.5. The molecular formula is C18H28ClN3O2S. The minimum Gasteiger partial charge on any atom is -0.396 e. The van der Waals surface area contributed by atoms with E-state index < -0.39 is 0 Å². The van der Waals surface area contributed by atoms with E-state index in [1.807, 2.05) is 11.0 Å². The first kappa shape index (κ1) is 19.1. The van der Waals surface area contributed by atoms with Gasteiger partial charge in [-0.2, -0.15) is 0 Å². The molecule has 140 valence electrons. The zero-order chi connectivity index (χ0) is 17.8. The lowest BCUT2D eigenvalue weighted by atomic mass is 9.86. The second kappa shape index (κ2) is 8.82. The molecule has 25 heavy (non-hydrogen) atoms. The van der Waals surface area contributed by atoms with Crippen molar-refractivity contribution in [3.05, 3.63) is 21.3 Å². The van der Waals surface area contributed by atoms with Crippen molar-refractivity contribution < 1.29 is 9.90 Å². The summed E-state index contributed by atoms with van der Waals surface area (Å²) in [6.07, 6.45) is 2.80. The number of carbonyl (C=O) groups is 1. The maximum absolute atomic E-state index is 12.8. The van der Waals surface area contributed by atoms with Crippen LogP contribution in [0.2, 0.25) is 4.34 Å². The Morgan fingerprint density at radius 1 is 1.28 bits per heavy atom. The van der Waals surface area contributed by atoms with Crippen LogP contribution in [0.5, 0.6) is 0 Å². The first-order valence-corrected chi connectivity index (χ1v) is 10.4. The molecule has 2 fully saturated rings. The van der Waals surface area contributed by atoms with Gasteiger partial charge >= 0.3 is 0 Å². The van der Waals surface area contributed by atoms with Gasteiger partial charge in [-0.05, 0) is 44.4 Å². The van der Waals surface area contributed by atoms with Crippen molar-refractivity contribution in [3.8, 4) is 0 Å². The van der Waals surface area contributed by atoms with Gasteiger partial charge in [0.15, 0.2) is 0 Å². The Labute approximate surface area is 159 Å². The Morgan fingerprint density at radius 3 is 2.68 bits per heavy atom. The molecule has 1 aromatic rings. The molecule has 0 aromatic carbocycles. The smallest absolute Gasteiger partial charge is 0.263 e. The van der Waals surface area contributed by atoms with Crippen molar-refractivity contribution in [1.29, 1.82) is 0 Å². The monoisotopic (exact) mass is 385 g/mol. The molecule has 0 bridgehead atoms. The molecule has 5 nitrogen and oxygen atoms in total. The maximum atomic E-state index is 12.8. The van der Waals surface area contributed by atoms with Crippen LogP contribution in [-0.4, -0.2) is 84.7 Å². The number of piperazine rings is 1. The predicted molar refractivity (Wildman–Crippen MR) is 103 cm³/mol. The van der Waals surface area contributed by atoms with Gasteiger partial charge in [-0.15, -0.1) is 11.3 Å². The number of halogens is 1. The van der Waals surface area contributed by atoms with E-state index in [1.54, 1.807) is 6.07 Å². The van der Waals surface area contributed by atoms with Crippen LogP contribution in [-0.2, 0) is 0 Å². The van der Waals surface area contributed by atoms with Gasteiger partial charge in [0.05, 0.1) is 9.21 Å². The van der Waals surface area contributed by atoms with E-state index in [2.05, 4.69) is 16.8 Å². The highest BCUT2D eigenvalue weighted by atomic mass is 35.5. The van der Waals surface area contributed by atoms with Crippen molar-refractivity contribution in [3.63, 3.8) is 0 Å². The molecule has 3 rings (SSSR count). The van der Waals surface area contributed by atoms with Crippen LogP contribution >= 0.6 is 22.9 Å². The zero-order valence-corrected chi connectivity index (χ0v) is 16.4. The molecule has 2 aliphatic rings. The minimum absolute atomic E-state index is 0.0997. The highest BCUT2D eigenvalue weighted by Crippen LogP contribution is 2.29. The van der Waals surface area contributed by atoms with Gasteiger partial charge < -0.3 is 14.9 Å². The normalized spacial score (nSPS) is 26.1. The summed E-state index contributed by atoms with van der Waals surface area (Å²) in [5.74, 6) is 0.534. The fraction of sp³-hybridized carbons (Fsp3) is 0.722. The Kier molecular flexibility index (Phi) is 6.74. The molecule has 0 saturated carbocycles. The van der Waals surface area contributed by atoms with Gasteiger partial charge in [0, 0.05) is 51.9 Å². The standard InChI is InChI=1S/C18H28ClN3O2S/c1-20-8-10-21(11-9-20)15-6-7-22(13-14(15)3-2-12-23)18(24)16-4-5-17(19)25-16/h4-5,14-15,23H,2-3,6-13H2,1H3/t14-,15+/m0/s1. The third-order valence-corrected chi connectivity index (χ3v) is 6.72. The number of aliphatic hydroxyl groups is 1. The molecule has 0 aliphatic carbocycles. The summed E-state index contributed by atoms with van der Waals surface area (Å²) >= 11 is 7.34. The lowest BCUT2D eigenvalue weighted by molar-refractivity contribution is 0.0220. The van der Waals surface area contributed by atoms with E-state index in [-0.39, 0.29) is 12.5 Å². The highest BCUT2D eigenvalue weighted by molar-refractivity contribution is 7.17. The maximum Gasteiger partial charge on any atom is 0.263 e. The van der Waals surface area contributed by atoms with Gasteiger partial charge in [0.25, 0.3) is 5.91 Å². The molecule has 1 N–H and O–H groups in total. The van der Waals surface area contributed by atoms with Crippen LogP contribution in [0, 0.1) is 5.92 Å². The molecule has 0 radical (unpaired) electrons. The lowest BCUT2D eigenvalue weighted by Crippen LogP contribution is -2.56. The average Bonchev–Trinajstić information content (AvgIpc) is 3.06. The first-order chi connectivity index (χ1) is 12.1. The quantitative estimate of drug-likeness (QED) is 0.844. The fourth-order valence-electron chi connectivity index (χ4n) is 4.06. The van der Waals surface area contributed by atoms with Crippen LogP contribution in [0.1, 0.15) is 28.9 Å². The van der Waals surface area contributed by atoms with Crippen LogP contribution in [0.3, 0.4) is 0 Å². The van der Waals surface area contributed by atoms with Gasteiger partial charge in [-0.3, -0.25) is 9.69 Å². The number of rotatable bonds is 5. The van der Waals surface area contributed by atoms with Crippen LogP contribution in [0.4, 0.5) is 0 Å². The zero-order valence-electron chi connectivity index (χ0n) is 14.9. The van der Waals surface area contributed by atoms with Gasteiger partial charge in [0.1, 0.15) is 0 Å². The second-order valence-electron chi connectivity index (χ2n) is 7.18.